The van der Waals surface area contributed by atoms with Crippen LogP contribution in [0, 0.1) is 0 Å². The van der Waals surface area contributed by atoms with E-state index in [0.29, 0.717) is 23.6 Å². The van der Waals surface area contributed by atoms with Crippen molar-refractivity contribution < 1.29 is 19.0 Å². The summed E-state index contributed by atoms with van der Waals surface area (Å²) in [5, 5.41) is 5.13. The maximum absolute atomic E-state index is 12.6. The predicted octanol–water partition coefficient (Wildman–Crippen LogP) is 2.57. The number of ether oxygens (including phenoxy) is 3. The molecule has 1 unspecified atom stereocenters. The van der Waals surface area contributed by atoms with Gasteiger partial charge in [-0.3, -0.25) is 9.69 Å². The number of amides is 1. The summed E-state index contributed by atoms with van der Waals surface area (Å²) in [4.78, 5) is 16.2. The smallest absolute Gasteiger partial charge is 0.251 e. The molecule has 1 N–H and O–H groups in total. The second kappa shape index (κ2) is 9.02. The first-order valence-corrected chi connectivity index (χ1v) is 9.46. The van der Waals surface area contributed by atoms with Gasteiger partial charge in [0.05, 0.1) is 33.5 Å². The summed E-state index contributed by atoms with van der Waals surface area (Å²) in [7, 11) is 3.14. The van der Waals surface area contributed by atoms with Gasteiger partial charge >= 0.3 is 0 Å². The minimum absolute atomic E-state index is 0.124. The van der Waals surface area contributed by atoms with E-state index in [1.165, 1.54) is 4.88 Å². The van der Waals surface area contributed by atoms with Gasteiger partial charge in [0, 0.05) is 30.1 Å². The van der Waals surface area contributed by atoms with Crippen molar-refractivity contribution in [3.63, 3.8) is 0 Å². The Labute approximate surface area is 157 Å². The standard InChI is InChI=1S/C19H24N2O4S/c1-23-16-6-5-14(12-17(16)24-2)19(22)20-13-15(18-4-3-11-26-18)21-7-9-25-10-8-21/h3-6,11-12,15H,7-10,13H2,1-2H3,(H,20,22). The number of hydrogen-bond donors (Lipinski definition) is 1. The Hall–Kier alpha value is -2.09. The Morgan fingerprint density at radius 3 is 2.65 bits per heavy atom. The zero-order valence-electron chi connectivity index (χ0n) is 15.1. The van der Waals surface area contributed by atoms with Crippen molar-refractivity contribution in [1.82, 2.24) is 10.2 Å². The van der Waals surface area contributed by atoms with Crippen LogP contribution in [0.25, 0.3) is 0 Å². The van der Waals surface area contributed by atoms with E-state index in [0.717, 1.165) is 26.3 Å². The first-order valence-electron chi connectivity index (χ1n) is 8.58. The van der Waals surface area contributed by atoms with E-state index in [4.69, 9.17) is 14.2 Å². The van der Waals surface area contributed by atoms with Crippen LogP contribution in [0.5, 0.6) is 11.5 Å². The summed E-state index contributed by atoms with van der Waals surface area (Å²) in [5.41, 5.74) is 0.551. The zero-order valence-corrected chi connectivity index (χ0v) is 15.9. The Kier molecular flexibility index (Phi) is 6.49. The maximum atomic E-state index is 12.6. The zero-order chi connectivity index (χ0) is 18.4. The fourth-order valence-corrected chi connectivity index (χ4v) is 3.91. The molecule has 3 rings (SSSR count). The van der Waals surface area contributed by atoms with Crippen molar-refractivity contribution in [2.75, 3.05) is 47.1 Å². The molecular weight excluding hydrogens is 352 g/mol. The quantitative estimate of drug-likeness (QED) is 0.805. The first-order chi connectivity index (χ1) is 12.7. The molecule has 26 heavy (non-hydrogen) atoms. The molecule has 0 radical (unpaired) electrons. The minimum Gasteiger partial charge on any atom is -0.493 e. The number of nitrogens with one attached hydrogen (secondary N) is 1. The van der Waals surface area contributed by atoms with Crippen LogP contribution in [0.4, 0.5) is 0 Å². The summed E-state index contributed by atoms with van der Waals surface area (Å²) in [6, 6.07) is 9.50. The van der Waals surface area contributed by atoms with Gasteiger partial charge in [0.15, 0.2) is 11.5 Å². The highest BCUT2D eigenvalue weighted by atomic mass is 32.1. The van der Waals surface area contributed by atoms with Gasteiger partial charge < -0.3 is 19.5 Å². The lowest BCUT2D eigenvalue weighted by molar-refractivity contribution is 0.0169. The number of morpholine rings is 1. The predicted molar refractivity (Wildman–Crippen MR) is 101 cm³/mol. The normalized spacial score (nSPS) is 16.1. The van der Waals surface area contributed by atoms with Crippen molar-refractivity contribution in [2.45, 2.75) is 6.04 Å². The summed E-state index contributed by atoms with van der Waals surface area (Å²) >= 11 is 1.71. The van der Waals surface area contributed by atoms with Crippen LogP contribution >= 0.6 is 11.3 Å². The number of carbonyl (C=O) groups excluding carboxylic acids is 1. The van der Waals surface area contributed by atoms with Gasteiger partial charge in [0.1, 0.15) is 0 Å². The number of benzene rings is 1. The maximum Gasteiger partial charge on any atom is 0.251 e. The van der Waals surface area contributed by atoms with Gasteiger partial charge in [0.2, 0.25) is 0 Å². The van der Waals surface area contributed by atoms with Crippen LogP contribution in [0.1, 0.15) is 21.3 Å². The largest absolute Gasteiger partial charge is 0.493 e. The van der Waals surface area contributed by atoms with Crippen LogP contribution in [0.3, 0.4) is 0 Å². The summed E-state index contributed by atoms with van der Waals surface area (Å²) < 4.78 is 16.0. The van der Waals surface area contributed by atoms with E-state index in [9.17, 15) is 4.79 Å². The average molecular weight is 376 g/mol. The number of methoxy groups -OCH3 is 2. The van der Waals surface area contributed by atoms with Crippen molar-refractivity contribution in [3.05, 3.63) is 46.2 Å². The van der Waals surface area contributed by atoms with Crippen LogP contribution in [0.15, 0.2) is 35.7 Å². The molecule has 2 aromatic rings. The second-order valence-corrected chi connectivity index (χ2v) is 6.94. The third-order valence-corrected chi connectivity index (χ3v) is 5.43. The summed E-state index contributed by atoms with van der Waals surface area (Å²) in [6.07, 6.45) is 0. The first kappa shape index (κ1) is 18.7. The van der Waals surface area contributed by atoms with Gasteiger partial charge in [-0.2, -0.15) is 0 Å². The molecule has 140 valence electrons. The lowest BCUT2D eigenvalue weighted by Crippen LogP contribution is -2.43. The Balaban J connectivity index is 1.69. The molecule has 2 heterocycles. The molecule has 1 fully saturated rings. The molecule has 0 spiro atoms. The molecule has 1 amide bonds. The molecule has 1 aromatic heterocycles. The Morgan fingerprint density at radius 1 is 1.23 bits per heavy atom. The van der Waals surface area contributed by atoms with Gasteiger partial charge in [-0.25, -0.2) is 0 Å². The van der Waals surface area contributed by atoms with Crippen LogP contribution in [0.2, 0.25) is 0 Å². The molecule has 6 nitrogen and oxygen atoms in total. The lowest BCUT2D eigenvalue weighted by atomic mass is 10.1. The minimum atomic E-state index is -0.124. The van der Waals surface area contributed by atoms with Crippen LogP contribution in [-0.2, 0) is 4.74 Å². The van der Waals surface area contributed by atoms with E-state index in [1.807, 2.05) is 6.07 Å². The molecule has 0 saturated carbocycles. The highest BCUT2D eigenvalue weighted by molar-refractivity contribution is 7.10. The van der Waals surface area contributed by atoms with Crippen LogP contribution in [-0.4, -0.2) is 57.9 Å². The third-order valence-electron chi connectivity index (χ3n) is 4.46. The highest BCUT2D eigenvalue weighted by Gasteiger charge is 2.24. The van der Waals surface area contributed by atoms with Crippen molar-refractivity contribution in [1.29, 1.82) is 0 Å². The van der Waals surface area contributed by atoms with Crippen molar-refractivity contribution in [3.8, 4) is 11.5 Å². The number of thiophene rings is 1. The van der Waals surface area contributed by atoms with Gasteiger partial charge in [0.25, 0.3) is 5.91 Å². The number of hydrogen-bond acceptors (Lipinski definition) is 6. The Morgan fingerprint density at radius 2 is 2.00 bits per heavy atom. The van der Waals surface area contributed by atoms with E-state index in [-0.39, 0.29) is 11.9 Å². The Bertz CT molecular complexity index is 714. The van der Waals surface area contributed by atoms with Gasteiger partial charge in [-0.15, -0.1) is 11.3 Å². The molecule has 1 aliphatic rings. The van der Waals surface area contributed by atoms with E-state index < -0.39 is 0 Å². The second-order valence-electron chi connectivity index (χ2n) is 5.96. The van der Waals surface area contributed by atoms with E-state index >= 15 is 0 Å². The average Bonchev–Trinajstić information content (AvgIpc) is 3.22. The lowest BCUT2D eigenvalue weighted by Gasteiger charge is -2.34. The molecule has 0 aliphatic carbocycles. The third kappa shape index (κ3) is 4.35. The molecule has 1 atom stereocenters. The van der Waals surface area contributed by atoms with Gasteiger partial charge in [-0.1, -0.05) is 6.07 Å². The van der Waals surface area contributed by atoms with Crippen molar-refractivity contribution in [2.24, 2.45) is 0 Å². The monoisotopic (exact) mass is 376 g/mol. The van der Waals surface area contributed by atoms with Crippen molar-refractivity contribution >= 4 is 17.2 Å². The number of rotatable bonds is 7. The van der Waals surface area contributed by atoms with E-state index in [1.54, 1.807) is 43.8 Å². The topological polar surface area (TPSA) is 60.0 Å². The summed E-state index contributed by atoms with van der Waals surface area (Å²) in [6.45, 7) is 3.74. The van der Waals surface area contributed by atoms with Gasteiger partial charge in [-0.05, 0) is 29.6 Å². The molecule has 0 bridgehead atoms. The SMILES string of the molecule is COc1ccc(C(=O)NCC(c2cccs2)N2CCOCC2)cc1OC. The highest BCUT2D eigenvalue weighted by Crippen LogP contribution is 2.28. The summed E-state index contributed by atoms with van der Waals surface area (Å²) in [5.74, 6) is 1.03. The molecular formula is C19H24N2O4S. The van der Waals surface area contributed by atoms with Crippen LogP contribution < -0.4 is 14.8 Å². The fraction of sp³-hybridized carbons (Fsp3) is 0.421. The number of nitrogens with zero attached hydrogens (tertiary/aromatic N) is 1. The van der Waals surface area contributed by atoms with E-state index in [2.05, 4.69) is 21.7 Å². The molecule has 1 aromatic carbocycles. The molecule has 1 aliphatic heterocycles. The molecule has 7 heteroatoms. The molecule has 1 saturated heterocycles. The fourth-order valence-electron chi connectivity index (χ4n) is 3.05. The number of carbonyl (C=O) groups is 1.